The number of rotatable bonds is 6. The van der Waals surface area contributed by atoms with Crippen molar-refractivity contribution in [2.45, 2.75) is 57.4 Å². The van der Waals surface area contributed by atoms with E-state index in [2.05, 4.69) is 0 Å². The number of benzene rings is 1. The van der Waals surface area contributed by atoms with Gasteiger partial charge in [-0.15, -0.1) is 0 Å². The normalized spacial score (nSPS) is 17.7. The maximum atomic E-state index is 13.4. The first-order valence-electron chi connectivity index (χ1n) is 12.4. The maximum absolute atomic E-state index is 13.4. The number of aromatic nitrogens is 1. The van der Waals surface area contributed by atoms with Gasteiger partial charge in [-0.3, -0.25) is 9.59 Å². The van der Waals surface area contributed by atoms with E-state index in [4.69, 9.17) is 4.42 Å². The predicted octanol–water partition coefficient (Wildman–Crippen LogP) is 4.97. The van der Waals surface area contributed by atoms with Crippen LogP contribution in [0.15, 0.2) is 41.2 Å². The molecule has 2 aromatic heterocycles. The summed E-state index contributed by atoms with van der Waals surface area (Å²) in [5.74, 6) is -2.00. The molecule has 1 aromatic carbocycles. The summed E-state index contributed by atoms with van der Waals surface area (Å²) in [5, 5.41) is 19.9. The van der Waals surface area contributed by atoms with E-state index in [0.29, 0.717) is 31.8 Å². The number of carbonyl (C=O) groups excluding carboxylic acids is 1. The summed E-state index contributed by atoms with van der Waals surface area (Å²) in [7, 11) is 0. The van der Waals surface area contributed by atoms with Gasteiger partial charge in [0.2, 0.25) is 5.91 Å². The molecule has 2 N–H and O–H groups in total. The zero-order valence-electron chi connectivity index (χ0n) is 19.6. The van der Waals surface area contributed by atoms with E-state index < -0.39 is 17.9 Å². The number of amides is 1. The molecule has 184 valence electrons. The monoisotopic (exact) mass is 478 g/mol. The van der Waals surface area contributed by atoms with Crippen LogP contribution in [-0.4, -0.2) is 50.6 Å². The topological polar surface area (TPSA) is 113 Å². The highest BCUT2D eigenvalue weighted by Crippen LogP contribution is 2.44. The molecule has 0 bridgehead atoms. The molecule has 1 amide bonds. The third kappa shape index (κ3) is 4.45. The highest BCUT2D eigenvalue weighted by molar-refractivity contribution is 5.99. The lowest BCUT2D eigenvalue weighted by Crippen LogP contribution is -2.41. The number of piperidine rings is 1. The van der Waals surface area contributed by atoms with Gasteiger partial charge in [-0.2, -0.15) is 0 Å². The Balaban J connectivity index is 1.60. The first-order valence-corrected chi connectivity index (χ1v) is 12.4. The van der Waals surface area contributed by atoms with Crippen molar-refractivity contribution in [3.63, 3.8) is 0 Å². The number of aromatic carboxylic acids is 1. The van der Waals surface area contributed by atoms with Gasteiger partial charge in [-0.1, -0.05) is 25.3 Å². The number of hydrogen-bond acceptors (Lipinski definition) is 4. The predicted molar refractivity (Wildman–Crippen MR) is 129 cm³/mol. The van der Waals surface area contributed by atoms with Crippen molar-refractivity contribution in [2.24, 2.45) is 5.92 Å². The number of fused-ring (bicyclic) bond motifs is 1. The van der Waals surface area contributed by atoms with Gasteiger partial charge >= 0.3 is 11.9 Å². The van der Waals surface area contributed by atoms with Gasteiger partial charge in [0, 0.05) is 24.0 Å². The molecule has 8 heteroatoms. The summed E-state index contributed by atoms with van der Waals surface area (Å²) in [6, 6.07) is 7.07. The van der Waals surface area contributed by atoms with Crippen molar-refractivity contribution in [1.82, 2.24) is 9.47 Å². The van der Waals surface area contributed by atoms with Crippen LogP contribution in [0.3, 0.4) is 0 Å². The van der Waals surface area contributed by atoms with E-state index in [1.54, 1.807) is 29.6 Å². The molecule has 0 spiro atoms. The second kappa shape index (κ2) is 9.60. The molecule has 5 rings (SSSR count). The average Bonchev–Trinajstić information content (AvgIpc) is 3.50. The molecule has 0 atom stereocenters. The van der Waals surface area contributed by atoms with Crippen LogP contribution in [0.1, 0.15) is 66.8 Å². The highest BCUT2D eigenvalue weighted by atomic mass is 16.4. The number of carboxylic acid groups (broad SMARTS) is 2. The smallest absolute Gasteiger partial charge is 0.335 e. The summed E-state index contributed by atoms with van der Waals surface area (Å²) < 4.78 is 7.37. The summed E-state index contributed by atoms with van der Waals surface area (Å²) in [4.78, 5) is 38.3. The number of carbonyl (C=O) groups is 3. The molecular formula is C27H30N2O6. The van der Waals surface area contributed by atoms with Crippen molar-refractivity contribution in [2.75, 3.05) is 13.1 Å². The van der Waals surface area contributed by atoms with Gasteiger partial charge in [0.1, 0.15) is 6.54 Å². The first-order chi connectivity index (χ1) is 16.9. The van der Waals surface area contributed by atoms with Gasteiger partial charge in [-0.05, 0) is 55.4 Å². The fourth-order valence-electron chi connectivity index (χ4n) is 5.80. The Morgan fingerprint density at radius 1 is 0.971 bits per heavy atom. The van der Waals surface area contributed by atoms with Crippen LogP contribution in [-0.2, 0) is 16.1 Å². The number of nitrogens with zero attached hydrogens (tertiary/aromatic N) is 2. The highest BCUT2D eigenvalue weighted by Gasteiger charge is 2.31. The maximum Gasteiger partial charge on any atom is 0.335 e. The van der Waals surface area contributed by atoms with Gasteiger partial charge < -0.3 is 24.1 Å². The molecular weight excluding hydrogens is 448 g/mol. The fraction of sp³-hybridized carbons (Fsp3) is 0.444. The number of carboxylic acids is 2. The summed E-state index contributed by atoms with van der Waals surface area (Å²) >= 11 is 0. The molecule has 3 aromatic rings. The third-order valence-corrected chi connectivity index (χ3v) is 7.65. The van der Waals surface area contributed by atoms with E-state index in [1.807, 2.05) is 16.7 Å². The Labute approximate surface area is 203 Å². The van der Waals surface area contributed by atoms with E-state index in [9.17, 15) is 24.6 Å². The summed E-state index contributed by atoms with van der Waals surface area (Å²) in [6.45, 7) is 0.877. The molecule has 0 unspecified atom stereocenters. The van der Waals surface area contributed by atoms with Crippen molar-refractivity contribution in [3.8, 4) is 11.3 Å². The van der Waals surface area contributed by atoms with Crippen LogP contribution >= 0.6 is 0 Å². The summed E-state index contributed by atoms with van der Waals surface area (Å²) in [5.41, 5.74) is 3.86. The minimum Gasteiger partial charge on any atom is -0.481 e. The number of likely N-dealkylation sites (tertiary alicyclic amines) is 1. The quantitative estimate of drug-likeness (QED) is 0.517. The molecule has 2 aliphatic rings. The Kier molecular flexibility index (Phi) is 6.36. The van der Waals surface area contributed by atoms with Crippen molar-refractivity contribution in [3.05, 3.63) is 47.9 Å². The van der Waals surface area contributed by atoms with Crippen molar-refractivity contribution >= 4 is 28.7 Å². The molecule has 1 aliphatic carbocycles. The Hall–Kier alpha value is -3.55. The van der Waals surface area contributed by atoms with Crippen LogP contribution in [0.4, 0.5) is 0 Å². The Morgan fingerprint density at radius 2 is 1.71 bits per heavy atom. The lowest BCUT2D eigenvalue weighted by Gasteiger charge is -2.30. The third-order valence-electron chi connectivity index (χ3n) is 7.65. The van der Waals surface area contributed by atoms with Gasteiger partial charge in [0.15, 0.2) is 0 Å². The zero-order chi connectivity index (χ0) is 24.5. The van der Waals surface area contributed by atoms with Crippen LogP contribution in [0.25, 0.3) is 22.2 Å². The Bertz CT molecular complexity index is 1240. The van der Waals surface area contributed by atoms with Crippen molar-refractivity contribution in [1.29, 1.82) is 0 Å². The van der Waals surface area contributed by atoms with Gasteiger partial charge in [-0.25, -0.2) is 4.79 Å². The number of aliphatic carboxylic acids is 1. The van der Waals surface area contributed by atoms with Crippen LogP contribution < -0.4 is 0 Å². The lowest BCUT2D eigenvalue weighted by molar-refractivity contribution is -0.145. The molecule has 1 saturated carbocycles. The fourth-order valence-corrected chi connectivity index (χ4v) is 5.80. The second-order valence-electron chi connectivity index (χ2n) is 9.73. The van der Waals surface area contributed by atoms with Crippen LogP contribution in [0.2, 0.25) is 0 Å². The summed E-state index contributed by atoms with van der Waals surface area (Å²) in [6.07, 6.45) is 9.80. The lowest BCUT2D eigenvalue weighted by atomic mass is 9.82. The molecule has 35 heavy (non-hydrogen) atoms. The van der Waals surface area contributed by atoms with Crippen molar-refractivity contribution < 1.29 is 29.0 Å². The molecule has 8 nitrogen and oxygen atoms in total. The molecule has 2 fully saturated rings. The minimum absolute atomic E-state index is 0.0601. The Morgan fingerprint density at radius 3 is 2.34 bits per heavy atom. The first kappa shape index (κ1) is 23.2. The van der Waals surface area contributed by atoms with Gasteiger partial charge in [0.05, 0.1) is 35.2 Å². The van der Waals surface area contributed by atoms with E-state index in [1.165, 1.54) is 6.42 Å². The minimum atomic E-state index is -1.01. The van der Waals surface area contributed by atoms with Crippen LogP contribution in [0.5, 0.6) is 0 Å². The van der Waals surface area contributed by atoms with E-state index in [-0.39, 0.29) is 18.0 Å². The molecule has 1 saturated heterocycles. The van der Waals surface area contributed by atoms with E-state index in [0.717, 1.165) is 53.4 Å². The zero-order valence-corrected chi connectivity index (χ0v) is 19.6. The largest absolute Gasteiger partial charge is 0.481 e. The average molecular weight is 479 g/mol. The van der Waals surface area contributed by atoms with Gasteiger partial charge in [0.25, 0.3) is 0 Å². The standard InChI is InChI=1S/C27H30N2O6/c30-23(28-11-8-18(9-12-28)26(31)32)15-29-22-14-19(27(33)34)6-7-21(22)24(17-4-2-1-3-5-17)25(29)20-10-13-35-16-20/h6-7,10,13-14,16-18H,1-5,8-9,11-12,15H2,(H,31,32)(H,33,34). The molecule has 1 aliphatic heterocycles. The van der Waals surface area contributed by atoms with E-state index >= 15 is 0 Å². The van der Waals surface area contributed by atoms with Crippen LogP contribution in [0, 0.1) is 5.92 Å². The molecule has 3 heterocycles. The number of furan rings is 1. The SMILES string of the molecule is O=C(O)c1ccc2c(C3CCCCC3)c(-c3ccoc3)n(CC(=O)N3CCC(C(=O)O)CC3)c2c1. The number of hydrogen-bond donors (Lipinski definition) is 2. The molecule has 0 radical (unpaired) electrons. The second-order valence-corrected chi connectivity index (χ2v) is 9.73.